The molecule has 3 heteroatoms. The van der Waals surface area contributed by atoms with E-state index in [1.54, 1.807) is 7.11 Å². The molecule has 2 rings (SSSR count). The van der Waals surface area contributed by atoms with Gasteiger partial charge < -0.3 is 9.47 Å². The van der Waals surface area contributed by atoms with Crippen LogP contribution in [0.25, 0.3) is 0 Å². The third kappa shape index (κ3) is 2.70. The maximum Gasteiger partial charge on any atom is 0.192 e. The van der Waals surface area contributed by atoms with Crippen molar-refractivity contribution < 1.29 is 9.47 Å². The number of nitrogens with zero attached hydrogens (tertiary/aromatic N) is 1. The molecule has 1 aromatic rings. The molecule has 0 N–H and O–H groups in total. The predicted molar refractivity (Wildman–Crippen MR) is 65.4 cm³/mol. The van der Waals surface area contributed by atoms with Crippen molar-refractivity contribution in [2.24, 2.45) is 4.99 Å². The summed E-state index contributed by atoms with van der Waals surface area (Å²) in [4.78, 5) is 4.24. The molecule has 16 heavy (non-hydrogen) atoms. The summed E-state index contributed by atoms with van der Waals surface area (Å²) in [5.74, 6) is 0.686. The van der Waals surface area contributed by atoms with Gasteiger partial charge in [-0.1, -0.05) is 30.3 Å². The van der Waals surface area contributed by atoms with E-state index in [9.17, 15) is 0 Å². The zero-order valence-corrected chi connectivity index (χ0v) is 9.72. The summed E-state index contributed by atoms with van der Waals surface area (Å²) in [7, 11) is 1.64. The van der Waals surface area contributed by atoms with E-state index in [1.807, 2.05) is 37.3 Å². The van der Waals surface area contributed by atoms with Crippen molar-refractivity contribution in [3.05, 3.63) is 49.1 Å². The predicted octanol–water partition coefficient (Wildman–Crippen LogP) is 2.95. The average Bonchev–Trinajstić information content (AvgIpc) is 2.74. The lowest BCUT2D eigenvalue weighted by molar-refractivity contribution is 0.0257. The Morgan fingerprint density at radius 3 is 2.44 bits per heavy atom. The third-order valence-corrected chi connectivity index (χ3v) is 2.24. The Bertz CT molecular complexity index is 348. The van der Waals surface area contributed by atoms with Crippen LogP contribution in [0.4, 0.5) is 0 Å². The molecule has 0 spiro atoms. The van der Waals surface area contributed by atoms with Gasteiger partial charge in [0.05, 0.1) is 0 Å². The van der Waals surface area contributed by atoms with E-state index in [0.717, 1.165) is 5.56 Å². The largest absolute Gasteiger partial charge is 0.468 e. The number of aliphatic imine (C=N–C) groups is 1. The molecule has 1 aliphatic rings. The molecule has 86 valence electrons. The van der Waals surface area contributed by atoms with Crippen molar-refractivity contribution in [3.63, 3.8) is 0 Å². The smallest absolute Gasteiger partial charge is 0.192 e. The van der Waals surface area contributed by atoms with Crippen LogP contribution in [-0.4, -0.2) is 19.2 Å². The van der Waals surface area contributed by atoms with Crippen LogP contribution in [0.1, 0.15) is 18.6 Å². The van der Waals surface area contributed by atoms with Gasteiger partial charge in [0.2, 0.25) is 0 Å². The molecule has 2 atom stereocenters. The zero-order chi connectivity index (χ0) is 12.0. The van der Waals surface area contributed by atoms with Crippen LogP contribution in [0, 0.1) is 0 Å². The summed E-state index contributed by atoms with van der Waals surface area (Å²) in [6.45, 7) is 7.84. The zero-order valence-electron chi connectivity index (χ0n) is 9.72. The second-order valence-corrected chi connectivity index (χ2v) is 3.22. The van der Waals surface area contributed by atoms with E-state index in [2.05, 4.69) is 18.2 Å². The first-order chi connectivity index (χ1) is 7.81. The Kier molecular flexibility index (Phi) is 4.73. The fourth-order valence-corrected chi connectivity index (χ4v) is 1.57. The first-order valence-corrected chi connectivity index (χ1v) is 5.10. The van der Waals surface area contributed by atoms with Gasteiger partial charge in [-0.15, -0.1) is 13.2 Å². The molecule has 1 aliphatic heterocycles. The van der Waals surface area contributed by atoms with Crippen LogP contribution in [0.5, 0.6) is 0 Å². The van der Waals surface area contributed by atoms with Crippen LogP contribution < -0.4 is 0 Å². The maximum absolute atomic E-state index is 5.58. The first kappa shape index (κ1) is 12.5. The van der Waals surface area contributed by atoms with Crippen molar-refractivity contribution in [2.45, 2.75) is 19.3 Å². The van der Waals surface area contributed by atoms with Crippen LogP contribution in [0.2, 0.25) is 0 Å². The molecule has 1 aromatic carbocycles. The molecular weight excluding hydrogens is 202 g/mol. The van der Waals surface area contributed by atoms with Crippen LogP contribution in [-0.2, 0) is 9.47 Å². The topological polar surface area (TPSA) is 30.8 Å². The highest BCUT2D eigenvalue weighted by Crippen LogP contribution is 2.28. The minimum Gasteiger partial charge on any atom is -0.468 e. The van der Waals surface area contributed by atoms with Crippen molar-refractivity contribution in [3.8, 4) is 0 Å². The van der Waals surface area contributed by atoms with Gasteiger partial charge >= 0.3 is 0 Å². The van der Waals surface area contributed by atoms with Gasteiger partial charge in [-0.3, -0.25) is 0 Å². The highest BCUT2D eigenvalue weighted by atomic mass is 16.6. The van der Waals surface area contributed by atoms with E-state index in [0.29, 0.717) is 5.90 Å². The average molecular weight is 219 g/mol. The Balaban J connectivity index is 0.000000606. The van der Waals surface area contributed by atoms with Crippen LogP contribution in [0.15, 0.2) is 48.5 Å². The normalized spacial score (nSPS) is 22.8. The fourth-order valence-electron chi connectivity index (χ4n) is 1.57. The van der Waals surface area contributed by atoms with Crippen molar-refractivity contribution in [2.75, 3.05) is 7.11 Å². The molecule has 0 amide bonds. The molecule has 0 aliphatic carbocycles. The summed E-state index contributed by atoms with van der Waals surface area (Å²) < 4.78 is 10.8. The van der Waals surface area contributed by atoms with Crippen molar-refractivity contribution in [1.82, 2.24) is 0 Å². The highest BCUT2D eigenvalue weighted by molar-refractivity contribution is 5.75. The lowest BCUT2D eigenvalue weighted by Crippen LogP contribution is -2.15. The van der Waals surface area contributed by atoms with E-state index < -0.39 is 0 Å². The quantitative estimate of drug-likeness (QED) is 0.716. The minimum atomic E-state index is -0.211. The standard InChI is InChI=1S/C11H13NO2.C2H4/c1-8-12-11(13-2)10(14-8)9-6-4-3-5-7-9;1-2/h3-7,10-11H,1-2H3;1-2H2. The Morgan fingerprint density at radius 2 is 1.88 bits per heavy atom. The fraction of sp³-hybridized carbons (Fsp3) is 0.308. The van der Waals surface area contributed by atoms with Gasteiger partial charge in [0.25, 0.3) is 0 Å². The molecule has 3 nitrogen and oxygen atoms in total. The monoisotopic (exact) mass is 219 g/mol. The highest BCUT2D eigenvalue weighted by Gasteiger charge is 2.30. The molecule has 0 aromatic heterocycles. The van der Waals surface area contributed by atoms with Crippen molar-refractivity contribution >= 4 is 5.90 Å². The Labute approximate surface area is 96.4 Å². The molecule has 0 saturated heterocycles. The number of hydrogen-bond acceptors (Lipinski definition) is 3. The Hall–Kier alpha value is -1.61. The minimum absolute atomic E-state index is 0.0961. The molecule has 1 heterocycles. The number of benzene rings is 1. The van der Waals surface area contributed by atoms with Gasteiger partial charge in [-0.2, -0.15) is 0 Å². The molecule has 0 radical (unpaired) electrons. The number of ether oxygens (including phenoxy) is 2. The lowest BCUT2D eigenvalue weighted by atomic mass is 10.1. The summed E-state index contributed by atoms with van der Waals surface area (Å²) in [5.41, 5.74) is 1.10. The summed E-state index contributed by atoms with van der Waals surface area (Å²) in [6.07, 6.45) is -0.307. The molecule has 0 saturated carbocycles. The first-order valence-electron chi connectivity index (χ1n) is 5.10. The van der Waals surface area contributed by atoms with Gasteiger partial charge in [-0.05, 0) is 5.56 Å². The molecule has 0 fully saturated rings. The SMILES string of the molecule is C=C.COC1N=C(C)OC1c1ccccc1. The molecular formula is C13H17NO2. The second kappa shape index (κ2) is 6.08. The molecule has 0 bridgehead atoms. The number of rotatable bonds is 2. The van der Waals surface area contributed by atoms with Crippen LogP contribution in [0.3, 0.4) is 0 Å². The van der Waals surface area contributed by atoms with Crippen molar-refractivity contribution in [1.29, 1.82) is 0 Å². The summed E-state index contributed by atoms with van der Waals surface area (Å²) in [5, 5.41) is 0. The van der Waals surface area contributed by atoms with E-state index in [4.69, 9.17) is 9.47 Å². The third-order valence-electron chi connectivity index (χ3n) is 2.24. The van der Waals surface area contributed by atoms with Gasteiger partial charge in [-0.25, -0.2) is 4.99 Å². The van der Waals surface area contributed by atoms with Gasteiger partial charge in [0.1, 0.15) is 0 Å². The summed E-state index contributed by atoms with van der Waals surface area (Å²) in [6, 6.07) is 9.99. The van der Waals surface area contributed by atoms with E-state index in [1.165, 1.54) is 0 Å². The lowest BCUT2D eigenvalue weighted by Gasteiger charge is -2.16. The number of methoxy groups -OCH3 is 1. The van der Waals surface area contributed by atoms with Gasteiger partial charge in [0, 0.05) is 14.0 Å². The van der Waals surface area contributed by atoms with Crippen LogP contribution >= 0.6 is 0 Å². The maximum atomic E-state index is 5.58. The summed E-state index contributed by atoms with van der Waals surface area (Å²) >= 11 is 0. The number of hydrogen-bond donors (Lipinski definition) is 0. The van der Waals surface area contributed by atoms with Gasteiger partial charge in [0.15, 0.2) is 18.2 Å². The molecule has 2 unspecified atom stereocenters. The van der Waals surface area contributed by atoms with E-state index >= 15 is 0 Å². The second-order valence-electron chi connectivity index (χ2n) is 3.22. The Morgan fingerprint density at radius 1 is 1.25 bits per heavy atom. The van der Waals surface area contributed by atoms with E-state index in [-0.39, 0.29) is 12.3 Å².